The van der Waals surface area contributed by atoms with E-state index in [4.69, 9.17) is 0 Å². The third-order valence-corrected chi connectivity index (χ3v) is 12.9. The van der Waals surface area contributed by atoms with E-state index in [2.05, 4.69) is 207 Å². The van der Waals surface area contributed by atoms with Crippen LogP contribution in [0.15, 0.2) is 170 Å². The lowest BCUT2D eigenvalue weighted by Gasteiger charge is -2.26. The minimum Gasteiger partial charge on any atom is -0.309 e. The van der Waals surface area contributed by atoms with Gasteiger partial charge in [-0.2, -0.15) is 0 Å². The van der Waals surface area contributed by atoms with Crippen LogP contribution in [0, 0.1) is 27.7 Å². The molecular formula is C56H40N2. The van der Waals surface area contributed by atoms with Gasteiger partial charge in [0, 0.05) is 43.7 Å². The highest BCUT2D eigenvalue weighted by molar-refractivity contribution is 6.40. The van der Waals surface area contributed by atoms with Crippen molar-refractivity contribution in [2.24, 2.45) is 0 Å². The molecule has 2 nitrogen and oxygen atoms in total. The number of aromatic nitrogens is 2. The predicted octanol–water partition coefficient (Wildman–Crippen LogP) is 15.3. The molecule has 2 aromatic heterocycles. The van der Waals surface area contributed by atoms with Crippen LogP contribution >= 0.6 is 0 Å². The van der Waals surface area contributed by atoms with Crippen molar-refractivity contribution in [1.82, 2.24) is 9.13 Å². The Morgan fingerprint density at radius 2 is 0.724 bits per heavy atom. The Morgan fingerprint density at radius 1 is 0.293 bits per heavy atom. The second kappa shape index (κ2) is 12.2. The van der Waals surface area contributed by atoms with Crippen molar-refractivity contribution in [2.45, 2.75) is 27.7 Å². The number of rotatable bonds is 4. The van der Waals surface area contributed by atoms with Gasteiger partial charge >= 0.3 is 0 Å². The van der Waals surface area contributed by atoms with Gasteiger partial charge in [-0.15, -0.1) is 0 Å². The molecule has 12 rings (SSSR count). The van der Waals surface area contributed by atoms with E-state index < -0.39 is 0 Å². The molecule has 0 N–H and O–H groups in total. The van der Waals surface area contributed by atoms with Crippen LogP contribution in [-0.2, 0) is 0 Å². The Hall–Kier alpha value is -7.16. The molecule has 0 unspecified atom stereocenters. The van der Waals surface area contributed by atoms with Crippen molar-refractivity contribution >= 4 is 75.9 Å². The zero-order valence-electron chi connectivity index (χ0n) is 33.1. The van der Waals surface area contributed by atoms with Crippen LogP contribution in [0.5, 0.6) is 0 Å². The molecule has 0 aliphatic carbocycles. The van der Waals surface area contributed by atoms with Crippen LogP contribution in [0.2, 0.25) is 0 Å². The Kier molecular flexibility index (Phi) is 6.93. The molecule has 0 fully saturated rings. The summed E-state index contributed by atoms with van der Waals surface area (Å²) in [7, 11) is 0. The Morgan fingerprint density at radius 3 is 1.16 bits per heavy atom. The topological polar surface area (TPSA) is 9.86 Å². The number of pyridine rings is 2. The lowest BCUT2D eigenvalue weighted by molar-refractivity contribution is 1.13. The maximum atomic E-state index is 2.56. The minimum absolute atomic E-state index is 1.21. The number of hydrogen-bond donors (Lipinski definition) is 0. The smallest absolute Gasteiger partial charge is 0.0569 e. The van der Waals surface area contributed by atoms with Gasteiger partial charge in [0.25, 0.3) is 0 Å². The van der Waals surface area contributed by atoms with Crippen molar-refractivity contribution in [3.8, 4) is 33.6 Å². The van der Waals surface area contributed by atoms with Gasteiger partial charge in [0.2, 0.25) is 0 Å². The van der Waals surface area contributed by atoms with Gasteiger partial charge in [0.15, 0.2) is 0 Å². The van der Waals surface area contributed by atoms with Gasteiger partial charge in [0.1, 0.15) is 0 Å². The van der Waals surface area contributed by atoms with E-state index in [0.717, 1.165) is 0 Å². The van der Waals surface area contributed by atoms with Crippen molar-refractivity contribution in [1.29, 1.82) is 0 Å². The van der Waals surface area contributed by atoms with Crippen molar-refractivity contribution in [2.75, 3.05) is 0 Å². The van der Waals surface area contributed by atoms with Crippen molar-refractivity contribution < 1.29 is 0 Å². The molecule has 12 aromatic rings. The molecule has 274 valence electrons. The lowest BCUT2D eigenvalue weighted by atomic mass is 9.86. The molecule has 0 amide bonds. The van der Waals surface area contributed by atoms with Crippen LogP contribution < -0.4 is 0 Å². The minimum atomic E-state index is 1.21. The average Bonchev–Trinajstić information content (AvgIpc) is 3.26. The normalized spacial score (nSPS) is 12.1. The summed E-state index contributed by atoms with van der Waals surface area (Å²) in [4.78, 5) is 0. The first-order valence-corrected chi connectivity index (χ1v) is 20.4. The fourth-order valence-electron chi connectivity index (χ4n) is 10.2. The molecule has 0 aliphatic rings. The van der Waals surface area contributed by atoms with Crippen LogP contribution in [0.1, 0.15) is 22.3 Å². The first-order chi connectivity index (χ1) is 28.4. The zero-order chi connectivity index (χ0) is 38.8. The van der Waals surface area contributed by atoms with E-state index in [1.165, 1.54) is 132 Å². The van der Waals surface area contributed by atoms with E-state index in [1.54, 1.807) is 0 Å². The number of fused-ring (bicyclic) bond motifs is 4. The van der Waals surface area contributed by atoms with Gasteiger partial charge in [-0.1, -0.05) is 133 Å². The maximum Gasteiger partial charge on any atom is 0.0569 e. The molecular weight excluding hydrogens is 701 g/mol. The summed E-state index contributed by atoms with van der Waals surface area (Å²) in [6, 6.07) is 63.5. The van der Waals surface area contributed by atoms with Gasteiger partial charge in [-0.25, -0.2) is 0 Å². The second-order valence-electron chi connectivity index (χ2n) is 16.3. The summed E-state index contributed by atoms with van der Waals surface area (Å²) in [5.74, 6) is 0. The third kappa shape index (κ3) is 4.54. The first-order valence-electron chi connectivity index (χ1n) is 20.4. The standard InChI is InChI=1S/C56H40N2/c1-33-21-23-39(37-15-7-5-8-16-37)31-49(33)57-47-27-25-41-30-46-44-20-12-14-36(4)56(44)58(50-32-40(24-22-34(50)2)38-17-9-6-10-18-38)48-28-26-42-29-45(43-19-11-13-35(3)55(43)57)53(47)51(41)52(42)54(46)48/h5-32H,1-4H3. The molecule has 0 atom stereocenters. The number of hydrogen-bond acceptors (Lipinski definition) is 0. The quantitative estimate of drug-likeness (QED) is 0.126. The van der Waals surface area contributed by atoms with Crippen LogP contribution in [0.4, 0.5) is 0 Å². The summed E-state index contributed by atoms with van der Waals surface area (Å²) in [6.07, 6.45) is 0. The van der Waals surface area contributed by atoms with E-state index in [0.29, 0.717) is 0 Å². The molecule has 0 radical (unpaired) electrons. The fourth-order valence-corrected chi connectivity index (χ4v) is 10.2. The molecule has 0 aliphatic heterocycles. The van der Waals surface area contributed by atoms with E-state index in [1.807, 2.05) is 0 Å². The van der Waals surface area contributed by atoms with Gasteiger partial charge in [0.05, 0.1) is 22.1 Å². The SMILES string of the molecule is Cc1ccc(-c2ccccc2)cc1-n1c2ccc3cc4c5cccc(C)c5n(-c5cc(-c6ccccc6)ccc5C)c5ccc6cc(c7cccc(C)c71)c2c3c6c45. The number of nitrogens with zero attached hydrogens (tertiary/aromatic N) is 2. The van der Waals surface area contributed by atoms with Crippen LogP contribution in [-0.4, -0.2) is 9.13 Å². The van der Waals surface area contributed by atoms with Crippen LogP contribution in [0.3, 0.4) is 0 Å². The average molecular weight is 741 g/mol. The lowest BCUT2D eigenvalue weighted by Crippen LogP contribution is -2.07. The Labute approximate surface area is 337 Å². The van der Waals surface area contributed by atoms with Crippen molar-refractivity contribution in [3.05, 3.63) is 192 Å². The Balaban J connectivity index is 1.26. The summed E-state index contributed by atoms with van der Waals surface area (Å²) >= 11 is 0. The van der Waals surface area contributed by atoms with E-state index in [9.17, 15) is 0 Å². The van der Waals surface area contributed by atoms with Gasteiger partial charge < -0.3 is 9.13 Å². The number of para-hydroxylation sites is 2. The summed E-state index contributed by atoms with van der Waals surface area (Å²) in [6.45, 7) is 9.02. The largest absolute Gasteiger partial charge is 0.309 e. The molecule has 0 bridgehead atoms. The second-order valence-corrected chi connectivity index (χ2v) is 16.3. The third-order valence-electron chi connectivity index (χ3n) is 12.9. The molecule has 0 saturated carbocycles. The summed E-state index contributed by atoms with van der Waals surface area (Å²) < 4.78 is 5.12. The summed E-state index contributed by atoms with van der Waals surface area (Å²) in [5, 5.41) is 13.0. The van der Waals surface area contributed by atoms with Gasteiger partial charge in [-0.3, -0.25) is 0 Å². The van der Waals surface area contributed by atoms with Crippen molar-refractivity contribution in [3.63, 3.8) is 0 Å². The number of aryl methyl sites for hydroxylation is 4. The molecule has 0 saturated heterocycles. The van der Waals surface area contributed by atoms with E-state index in [-0.39, 0.29) is 0 Å². The highest BCUT2D eigenvalue weighted by Crippen LogP contribution is 2.49. The molecule has 10 aromatic carbocycles. The highest BCUT2D eigenvalue weighted by Gasteiger charge is 2.24. The molecule has 58 heavy (non-hydrogen) atoms. The molecule has 2 heterocycles. The predicted molar refractivity (Wildman–Crippen MR) is 249 cm³/mol. The van der Waals surface area contributed by atoms with E-state index >= 15 is 0 Å². The fraction of sp³-hybridized carbons (Fsp3) is 0.0714. The highest BCUT2D eigenvalue weighted by atomic mass is 15.0. The summed E-state index contributed by atoms with van der Waals surface area (Å²) in [5.41, 5.74) is 17.3. The maximum absolute atomic E-state index is 2.56. The first kappa shape index (κ1) is 33.0. The molecule has 2 heteroatoms. The Bertz CT molecular complexity index is 3390. The monoisotopic (exact) mass is 740 g/mol. The van der Waals surface area contributed by atoms with Gasteiger partial charge in [-0.05, 0) is 130 Å². The number of benzene rings is 10. The molecule has 0 spiro atoms. The van der Waals surface area contributed by atoms with Crippen LogP contribution in [0.25, 0.3) is 110 Å². The zero-order valence-corrected chi connectivity index (χ0v) is 33.1.